The van der Waals surface area contributed by atoms with Crippen molar-refractivity contribution < 1.29 is 22.6 Å². The molecule has 0 aliphatic carbocycles. The van der Waals surface area contributed by atoms with E-state index >= 15 is 0 Å². The number of alkyl halides is 3. The maximum atomic E-state index is 14.4. The SMILES string of the molecule is COc1ccc(-c2ccc3ncc4c(c3c2)n(-c2ccc(N3CCNCC3)c(C(F)(F)F)c2)c(=O)n4C)cc1OC. The Morgan fingerprint density at radius 1 is 0.902 bits per heavy atom. The van der Waals surface area contributed by atoms with E-state index < -0.39 is 17.4 Å². The molecule has 0 saturated carbocycles. The average molecular weight is 564 g/mol. The molecule has 0 spiro atoms. The Labute approximate surface area is 233 Å². The number of nitrogens with zero attached hydrogens (tertiary/aromatic N) is 4. The highest BCUT2D eigenvalue weighted by Gasteiger charge is 2.36. The summed E-state index contributed by atoms with van der Waals surface area (Å²) in [4.78, 5) is 19.8. The molecule has 0 radical (unpaired) electrons. The summed E-state index contributed by atoms with van der Waals surface area (Å²) < 4.78 is 56.7. The third-order valence-corrected chi connectivity index (χ3v) is 7.60. The van der Waals surface area contributed by atoms with E-state index in [0.717, 1.165) is 17.2 Å². The van der Waals surface area contributed by atoms with Crippen LogP contribution < -0.4 is 25.4 Å². The van der Waals surface area contributed by atoms with Gasteiger partial charge in [-0.25, -0.2) is 4.79 Å². The van der Waals surface area contributed by atoms with Gasteiger partial charge in [0.15, 0.2) is 11.5 Å². The van der Waals surface area contributed by atoms with Gasteiger partial charge in [-0.2, -0.15) is 13.2 Å². The number of aromatic nitrogens is 3. The van der Waals surface area contributed by atoms with Crippen molar-refractivity contribution in [1.82, 2.24) is 19.4 Å². The predicted octanol–water partition coefficient (Wildman–Crippen LogP) is 4.99. The Kier molecular flexibility index (Phi) is 6.61. The van der Waals surface area contributed by atoms with Crippen LogP contribution in [0.4, 0.5) is 18.9 Å². The summed E-state index contributed by atoms with van der Waals surface area (Å²) in [7, 11) is 4.71. The monoisotopic (exact) mass is 563 g/mol. The lowest BCUT2D eigenvalue weighted by Crippen LogP contribution is -2.44. The zero-order valence-corrected chi connectivity index (χ0v) is 22.7. The van der Waals surface area contributed by atoms with Gasteiger partial charge in [-0.3, -0.25) is 14.1 Å². The highest BCUT2D eigenvalue weighted by Crippen LogP contribution is 2.39. The van der Waals surface area contributed by atoms with Gasteiger partial charge in [-0.1, -0.05) is 12.1 Å². The molecule has 1 fully saturated rings. The third kappa shape index (κ3) is 4.55. The maximum Gasteiger partial charge on any atom is 0.418 e. The van der Waals surface area contributed by atoms with Crippen molar-refractivity contribution in [1.29, 1.82) is 0 Å². The van der Waals surface area contributed by atoms with Crippen LogP contribution in [0.25, 0.3) is 38.8 Å². The fourth-order valence-electron chi connectivity index (χ4n) is 5.50. The molecular formula is C30H28F3N5O3. The molecule has 8 nitrogen and oxygen atoms in total. The minimum absolute atomic E-state index is 0.110. The van der Waals surface area contributed by atoms with Crippen LogP contribution in [0.1, 0.15) is 5.56 Å². The molecule has 5 aromatic rings. The van der Waals surface area contributed by atoms with Crippen LogP contribution in [-0.4, -0.2) is 54.5 Å². The van der Waals surface area contributed by atoms with Crippen molar-refractivity contribution in [2.24, 2.45) is 7.05 Å². The summed E-state index contributed by atoms with van der Waals surface area (Å²) >= 11 is 0. The van der Waals surface area contributed by atoms with E-state index in [1.54, 1.807) is 44.5 Å². The zero-order valence-electron chi connectivity index (χ0n) is 22.7. The van der Waals surface area contributed by atoms with Crippen LogP contribution in [0.3, 0.4) is 0 Å². The summed E-state index contributed by atoms with van der Waals surface area (Å²) in [5.41, 5.74) is 2.26. The zero-order chi connectivity index (χ0) is 28.9. The number of fused-ring (bicyclic) bond motifs is 3. The van der Waals surface area contributed by atoms with Crippen molar-refractivity contribution in [3.63, 3.8) is 0 Å². The number of aryl methyl sites for hydroxylation is 1. The van der Waals surface area contributed by atoms with Crippen LogP contribution in [0.15, 0.2) is 65.6 Å². The normalized spacial score (nSPS) is 14.1. The molecule has 1 saturated heterocycles. The number of halogens is 3. The van der Waals surface area contributed by atoms with Gasteiger partial charge in [0.05, 0.1) is 48.2 Å². The van der Waals surface area contributed by atoms with E-state index in [1.807, 2.05) is 30.3 Å². The largest absolute Gasteiger partial charge is 0.493 e. The first-order valence-electron chi connectivity index (χ1n) is 13.1. The molecule has 1 aliphatic rings. The van der Waals surface area contributed by atoms with Gasteiger partial charge in [0, 0.05) is 44.3 Å². The fourth-order valence-corrected chi connectivity index (χ4v) is 5.50. The molecule has 2 aromatic heterocycles. The first-order valence-corrected chi connectivity index (χ1v) is 13.1. The van der Waals surface area contributed by atoms with Gasteiger partial charge in [0.2, 0.25) is 0 Å². The smallest absolute Gasteiger partial charge is 0.418 e. The van der Waals surface area contributed by atoms with E-state index in [0.29, 0.717) is 59.6 Å². The topological polar surface area (TPSA) is 73.5 Å². The highest BCUT2D eigenvalue weighted by molar-refractivity contribution is 6.04. The molecule has 3 heterocycles. The van der Waals surface area contributed by atoms with Crippen LogP contribution >= 0.6 is 0 Å². The van der Waals surface area contributed by atoms with Crippen molar-refractivity contribution in [2.45, 2.75) is 6.18 Å². The molecular weight excluding hydrogens is 535 g/mol. The second-order valence-corrected chi connectivity index (χ2v) is 9.91. The van der Waals surface area contributed by atoms with Crippen molar-refractivity contribution in [2.75, 3.05) is 45.3 Å². The number of hydrogen-bond acceptors (Lipinski definition) is 6. The second-order valence-electron chi connectivity index (χ2n) is 9.91. The van der Waals surface area contributed by atoms with Crippen LogP contribution in [0.2, 0.25) is 0 Å². The molecule has 0 bridgehead atoms. The Morgan fingerprint density at radius 3 is 2.32 bits per heavy atom. The van der Waals surface area contributed by atoms with Gasteiger partial charge in [-0.05, 0) is 53.6 Å². The summed E-state index contributed by atoms with van der Waals surface area (Å²) in [6, 6.07) is 15.3. The highest BCUT2D eigenvalue weighted by atomic mass is 19.4. The number of pyridine rings is 1. The molecule has 3 aromatic carbocycles. The third-order valence-electron chi connectivity index (χ3n) is 7.60. The molecule has 6 rings (SSSR count). The fraction of sp³-hybridized carbons (Fsp3) is 0.267. The van der Waals surface area contributed by atoms with Gasteiger partial charge >= 0.3 is 11.9 Å². The lowest BCUT2D eigenvalue weighted by molar-refractivity contribution is -0.137. The van der Waals surface area contributed by atoms with Crippen molar-refractivity contribution >= 4 is 27.6 Å². The second kappa shape index (κ2) is 10.2. The average Bonchev–Trinajstić information content (AvgIpc) is 3.25. The first-order chi connectivity index (χ1) is 19.7. The first kappa shape index (κ1) is 26.7. The number of nitrogens with one attached hydrogen (secondary N) is 1. The van der Waals surface area contributed by atoms with Gasteiger partial charge < -0.3 is 19.7 Å². The Balaban J connectivity index is 1.58. The van der Waals surface area contributed by atoms with E-state index in [-0.39, 0.29) is 11.4 Å². The van der Waals surface area contributed by atoms with Gasteiger partial charge in [0.25, 0.3) is 0 Å². The Hall–Kier alpha value is -4.51. The number of methoxy groups -OCH3 is 2. The molecule has 0 amide bonds. The standard InChI is InChI=1S/C30H28F3N5O3/c1-36-25-17-35-23-7-4-18(19-5-9-26(40-2)27(15-19)41-3)14-21(23)28(25)38(29(36)39)20-6-8-24(22(16-20)30(31,32)33)37-12-10-34-11-13-37/h4-9,14-17,34H,10-13H2,1-3H3. The summed E-state index contributed by atoms with van der Waals surface area (Å²) in [5, 5.41) is 3.80. The minimum atomic E-state index is -4.60. The summed E-state index contributed by atoms with van der Waals surface area (Å²) in [6.07, 6.45) is -3.03. The lowest BCUT2D eigenvalue weighted by Gasteiger charge is -2.31. The minimum Gasteiger partial charge on any atom is -0.493 e. The van der Waals surface area contributed by atoms with E-state index in [1.165, 1.54) is 15.2 Å². The van der Waals surface area contributed by atoms with E-state index in [2.05, 4.69) is 10.3 Å². The van der Waals surface area contributed by atoms with E-state index in [4.69, 9.17) is 9.47 Å². The quantitative estimate of drug-likeness (QED) is 0.325. The molecule has 0 unspecified atom stereocenters. The molecule has 1 aliphatic heterocycles. The number of hydrogen-bond donors (Lipinski definition) is 1. The number of anilines is 1. The molecule has 1 N–H and O–H groups in total. The van der Waals surface area contributed by atoms with Crippen molar-refractivity contribution in [3.05, 3.63) is 76.8 Å². The van der Waals surface area contributed by atoms with E-state index in [9.17, 15) is 18.0 Å². The summed E-state index contributed by atoms with van der Waals surface area (Å²) in [5.74, 6) is 1.14. The molecule has 0 atom stereocenters. The summed E-state index contributed by atoms with van der Waals surface area (Å²) in [6.45, 7) is 2.13. The Bertz CT molecular complexity index is 1840. The van der Waals surface area contributed by atoms with Crippen LogP contribution in [-0.2, 0) is 13.2 Å². The van der Waals surface area contributed by atoms with Crippen molar-refractivity contribution in [3.8, 4) is 28.3 Å². The maximum absolute atomic E-state index is 14.4. The molecule has 212 valence electrons. The van der Waals surface area contributed by atoms with Crippen LogP contribution in [0.5, 0.6) is 11.5 Å². The number of imidazole rings is 1. The number of rotatable bonds is 5. The number of piperazine rings is 1. The van der Waals surface area contributed by atoms with Crippen LogP contribution in [0, 0.1) is 0 Å². The molecule has 11 heteroatoms. The number of ether oxygens (including phenoxy) is 2. The van der Waals surface area contributed by atoms with Gasteiger partial charge in [0.1, 0.15) is 0 Å². The number of benzene rings is 3. The lowest BCUT2D eigenvalue weighted by atomic mass is 10.0. The predicted molar refractivity (Wildman–Crippen MR) is 152 cm³/mol. The molecule has 41 heavy (non-hydrogen) atoms. The van der Waals surface area contributed by atoms with Gasteiger partial charge in [-0.15, -0.1) is 0 Å². The Morgan fingerprint density at radius 2 is 1.61 bits per heavy atom.